The Labute approximate surface area is 319 Å². The van der Waals surface area contributed by atoms with Gasteiger partial charge >= 0.3 is 0 Å². The Morgan fingerprint density at radius 2 is 0.648 bits per heavy atom. The molecule has 0 saturated heterocycles. The standard InChI is InChI=1S/C52H30S2/c1-2-10-31(11-3-1)34-18-19-36-25-37(21-20-35(36)24-34)51-39-14-6-8-16-41(39)52(42-17-9-7-15-40(42)51)38-22-23-47-43(27-38)45-29-50-46(30-49(45)53-47)44-26-32-12-4-5-13-33(32)28-48(44)54-50/h1-30H. The minimum absolute atomic E-state index is 1.24. The molecule has 0 aliphatic carbocycles. The Hall–Kier alpha value is -6.32. The van der Waals surface area contributed by atoms with Crippen molar-refractivity contribution in [1.29, 1.82) is 0 Å². The van der Waals surface area contributed by atoms with Crippen molar-refractivity contribution in [2.75, 3.05) is 0 Å². The average Bonchev–Trinajstić information content (AvgIpc) is 3.76. The predicted molar refractivity (Wildman–Crippen MR) is 239 cm³/mol. The van der Waals surface area contributed by atoms with Crippen molar-refractivity contribution in [3.05, 3.63) is 182 Å². The maximum absolute atomic E-state index is 2.45. The summed E-state index contributed by atoms with van der Waals surface area (Å²) in [6.45, 7) is 0. The molecule has 0 aliphatic heterocycles. The topological polar surface area (TPSA) is 0 Å². The Morgan fingerprint density at radius 1 is 0.222 bits per heavy atom. The highest BCUT2D eigenvalue weighted by atomic mass is 32.1. The summed E-state index contributed by atoms with van der Waals surface area (Å²) in [6, 6.07) is 67.9. The Morgan fingerprint density at radius 3 is 1.30 bits per heavy atom. The molecule has 2 heteroatoms. The lowest BCUT2D eigenvalue weighted by atomic mass is 9.85. The van der Waals surface area contributed by atoms with Gasteiger partial charge in [-0.1, -0.05) is 133 Å². The van der Waals surface area contributed by atoms with Gasteiger partial charge in [-0.05, 0) is 125 Å². The molecule has 2 aromatic heterocycles. The molecule has 0 fully saturated rings. The highest BCUT2D eigenvalue weighted by molar-refractivity contribution is 7.27. The van der Waals surface area contributed by atoms with Gasteiger partial charge in [0.2, 0.25) is 0 Å². The molecule has 0 saturated carbocycles. The van der Waals surface area contributed by atoms with Gasteiger partial charge in [0.15, 0.2) is 0 Å². The number of benzene rings is 10. The van der Waals surface area contributed by atoms with Crippen molar-refractivity contribution in [1.82, 2.24) is 0 Å². The molecular formula is C52H30S2. The van der Waals surface area contributed by atoms with E-state index in [0.717, 1.165) is 0 Å². The van der Waals surface area contributed by atoms with Crippen LogP contribution in [0.5, 0.6) is 0 Å². The van der Waals surface area contributed by atoms with Crippen LogP contribution in [0.2, 0.25) is 0 Å². The first-order chi connectivity index (χ1) is 26.7. The highest BCUT2D eigenvalue weighted by Gasteiger charge is 2.19. The number of fused-ring (bicyclic) bond motifs is 10. The molecule has 0 bridgehead atoms. The van der Waals surface area contributed by atoms with E-state index in [4.69, 9.17) is 0 Å². The van der Waals surface area contributed by atoms with Crippen LogP contribution < -0.4 is 0 Å². The average molecular weight is 719 g/mol. The third-order valence-electron chi connectivity index (χ3n) is 11.4. The lowest BCUT2D eigenvalue weighted by Gasteiger charge is -2.18. The largest absolute Gasteiger partial charge is 0.135 e. The predicted octanol–water partition coefficient (Wildman–Crippen LogP) is 16.0. The summed E-state index contributed by atoms with van der Waals surface area (Å²) in [4.78, 5) is 0. The van der Waals surface area contributed by atoms with Gasteiger partial charge in [0.1, 0.15) is 0 Å². The molecule has 0 aliphatic rings. The molecule has 12 rings (SSSR count). The number of thiophene rings is 2. The summed E-state index contributed by atoms with van der Waals surface area (Å²) in [7, 11) is 0. The van der Waals surface area contributed by atoms with Crippen molar-refractivity contribution in [2.24, 2.45) is 0 Å². The van der Waals surface area contributed by atoms with E-state index in [2.05, 4.69) is 182 Å². The molecule has 0 nitrogen and oxygen atoms in total. The van der Waals surface area contributed by atoms with Crippen LogP contribution in [-0.2, 0) is 0 Å². The van der Waals surface area contributed by atoms with E-state index >= 15 is 0 Å². The van der Waals surface area contributed by atoms with Gasteiger partial charge in [-0.3, -0.25) is 0 Å². The van der Waals surface area contributed by atoms with Gasteiger partial charge in [0, 0.05) is 40.3 Å². The van der Waals surface area contributed by atoms with Crippen molar-refractivity contribution in [3.63, 3.8) is 0 Å². The van der Waals surface area contributed by atoms with E-state index in [9.17, 15) is 0 Å². The number of rotatable bonds is 3. The molecule has 0 unspecified atom stereocenters. The van der Waals surface area contributed by atoms with Crippen LogP contribution in [-0.4, -0.2) is 0 Å². The van der Waals surface area contributed by atoms with E-state index in [-0.39, 0.29) is 0 Å². The molecule has 0 spiro atoms. The normalized spacial score (nSPS) is 12.1. The van der Waals surface area contributed by atoms with Gasteiger partial charge in [0.25, 0.3) is 0 Å². The Bertz CT molecular complexity index is 3430. The summed E-state index contributed by atoms with van der Waals surface area (Å²) in [5.74, 6) is 0. The fourth-order valence-corrected chi connectivity index (χ4v) is 11.1. The highest BCUT2D eigenvalue weighted by Crippen LogP contribution is 2.47. The fraction of sp³-hybridized carbons (Fsp3) is 0. The molecule has 10 aromatic carbocycles. The summed E-state index contributed by atoms with van der Waals surface area (Å²) < 4.78 is 5.38. The molecular weight excluding hydrogens is 689 g/mol. The molecule has 0 radical (unpaired) electrons. The van der Waals surface area contributed by atoms with Gasteiger partial charge in [0.05, 0.1) is 0 Å². The summed E-state index contributed by atoms with van der Waals surface area (Å²) in [6.07, 6.45) is 0. The summed E-state index contributed by atoms with van der Waals surface area (Å²) in [5.41, 5.74) is 7.58. The van der Waals surface area contributed by atoms with Crippen LogP contribution in [0.1, 0.15) is 0 Å². The van der Waals surface area contributed by atoms with Crippen LogP contribution in [0.15, 0.2) is 182 Å². The molecule has 12 aromatic rings. The first-order valence-electron chi connectivity index (χ1n) is 18.5. The zero-order valence-electron chi connectivity index (χ0n) is 29.1. The zero-order chi connectivity index (χ0) is 35.3. The second-order valence-electron chi connectivity index (χ2n) is 14.4. The van der Waals surface area contributed by atoms with Gasteiger partial charge in [-0.2, -0.15) is 0 Å². The van der Waals surface area contributed by atoms with Gasteiger partial charge < -0.3 is 0 Å². The van der Waals surface area contributed by atoms with Crippen LogP contribution in [0.3, 0.4) is 0 Å². The van der Waals surface area contributed by atoms with Gasteiger partial charge in [-0.25, -0.2) is 0 Å². The molecule has 0 amide bonds. The lowest BCUT2D eigenvalue weighted by Crippen LogP contribution is -1.91. The molecule has 250 valence electrons. The number of hydrogen-bond donors (Lipinski definition) is 0. The Balaban J connectivity index is 1.05. The van der Waals surface area contributed by atoms with Crippen molar-refractivity contribution < 1.29 is 0 Å². The monoisotopic (exact) mass is 718 g/mol. The van der Waals surface area contributed by atoms with Crippen molar-refractivity contribution >= 4 is 106 Å². The quantitative estimate of drug-likeness (QED) is 0.160. The van der Waals surface area contributed by atoms with E-state index in [1.54, 1.807) is 0 Å². The van der Waals surface area contributed by atoms with Crippen molar-refractivity contribution in [2.45, 2.75) is 0 Å². The second-order valence-corrected chi connectivity index (χ2v) is 16.6. The second kappa shape index (κ2) is 11.6. The molecule has 2 heterocycles. The SMILES string of the molecule is c1ccc(-c2ccc3cc(-c4c5ccccc5c(-c5ccc6sc7cc8c(cc7c6c5)sc5cc6ccccc6cc58)c5ccccc45)ccc3c2)cc1. The molecule has 0 atom stereocenters. The molecule has 54 heavy (non-hydrogen) atoms. The minimum atomic E-state index is 1.24. The van der Waals surface area contributed by atoms with Crippen molar-refractivity contribution in [3.8, 4) is 33.4 Å². The maximum atomic E-state index is 2.45. The van der Waals surface area contributed by atoms with Gasteiger partial charge in [-0.15, -0.1) is 22.7 Å². The third kappa shape index (κ3) is 4.54. The van der Waals surface area contributed by atoms with Crippen LogP contribution in [0.25, 0.3) is 117 Å². The molecule has 0 N–H and O–H groups in total. The minimum Gasteiger partial charge on any atom is -0.135 e. The van der Waals surface area contributed by atoms with E-state index in [0.29, 0.717) is 0 Å². The fourth-order valence-electron chi connectivity index (χ4n) is 8.85. The van der Waals surface area contributed by atoms with E-state index in [1.807, 2.05) is 22.7 Å². The Kier molecular flexibility index (Phi) is 6.48. The number of hydrogen-bond acceptors (Lipinski definition) is 2. The van der Waals surface area contributed by atoms with E-state index < -0.39 is 0 Å². The van der Waals surface area contributed by atoms with E-state index in [1.165, 1.54) is 117 Å². The zero-order valence-corrected chi connectivity index (χ0v) is 30.8. The smallest absolute Gasteiger partial charge is 0.0362 e. The summed E-state index contributed by atoms with van der Waals surface area (Å²) in [5, 5.41) is 15.6. The maximum Gasteiger partial charge on any atom is 0.0362 e. The van der Waals surface area contributed by atoms with Crippen LogP contribution in [0, 0.1) is 0 Å². The third-order valence-corrected chi connectivity index (χ3v) is 13.6. The lowest BCUT2D eigenvalue weighted by molar-refractivity contribution is 1.64. The van der Waals surface area contributed by atoms with Crippen LogP contribution in [0.4, 0.5) is 0 Å². The summed E-state index contributed by atoms with van der Waals surface area (Å²) >= 11 is 3.82. The first-order valence-corrected chi connectivity index (χ1v) is 20.1. The van der Waals surface area contributed by atoms with Crippen LogP contribution >= 0.6 is 22.7 Å². The first kappa shape index (κ1) is 30.2.